The zero-order valence-corrected chi connectivity index (χ0v) is 10.5. The molecule has 96 valence electrons. The number of hydrogen-bond acceptors (Lipinski definition) is 5. The highest BCUT2D eigenvalue weighted by atomic mass is 16.7. The summed E-state index contributed by atoms with van der Waals surface area (Å²) >= 11 is 0. The molecule has 0 unspecified atom stereocenters. The third-order valence-electron chi connectivity index (χ3n) is 3.55. The molecule has 5 nitrogen and oxygen atoms in total. The third kappa shape index (κ3) is 1.86. The molecule has 0 N–H and O–H groups in total. The van der Waals surface area contributed by atoms with E-state index in [0.717, 1.165) is 13.0 Å². The van der Waals surface area contributed by atoms with E-state index < -0.39 is 0 Å². The van der Waals surface area contributed by atoms with Crippen LogP contribution in [0.1, 0.15) is 27.2 Å². The number of ether oxygens (including phenoxy) is 2. The van der Waals surface area contributed by atoms with Gasteiger partial charge >= 0.3 is 5.97 Å². The maximum absolute atomic E-state index is 11.7. The van der Waals surface area contributed by atoms with Crippen LogP contribution in [-0.4, -0.2) is 48.0 Å². The third-order valence-corrected chi connectivity index (χ3v) is 3.55. The second-order valence-corrected chi connectivity index (χ2v) is 5.99. The first kappa shape index (κ1) is 11.4. The SMILES string of the molecule is CC(C)(C)O[C@H]1CCN2O[C@H]3COC(=O)[C@H]3[C@@H]12. The monoisotopic (exact) mass is 241 g/mol. The van der Waals surface area contributed by atoms with Crippen LogP contribution in [0.5, 0.6) is 0 Å². The maximum Gasteiger partial charge on any atom is 0.313 e. The summed E-state index contributed by atoms with van der Waals surface area (Å²) in [5.74, 6) is -0.295. The average molecular weight is 241 g/mol. The lowest BCUT2D eigenvalue weighted by Crippen LogP contribution is -2.41. The van der Waals surface area contributed by atoms with E-state index in [4.69, 9.17) is 14.3 Å². The summed E-state index contributed by atoms with van der Waals surface area (Å²) in [7, 11) is 0. The van der Waals surface area contributed by atoms with E-state index in [1.807, 2.05) is 25.8 Å². The summed E-state index contributed by atoms with van der Waals surface area (Å²) in [6.07, 6.45) is 0.882. The van der Waals surface area contributed by atoms with Crippen molar-refractivity contribution in [2.24, 2.45) is 5.92 Å². The Morgan fingerprint density at radius 2 is 2.18 bits per heavy atom. The van der Waals surface area contributed by atoms with Crippen LogP contribution in [-0.2, 0) is 19.1 Å². The Balaban J connectivity index is 1.78. The van der Waals surface area contributed by atoms with Gasteiger partial charge in [0.15, 0.2) is 0 Å². The summed E-state index contributed by atoms with van der Waals surface area (Å²) < 4.78 is 11.1. The molecule has 3 rings (SSSR count). The molecule has 0 amide bonds. The van der Waals surface area contributed by atoms with Crippen molar-refractivity contribution in [3.63, 3.8) is 0 Å². The van der Waals surface area contributed by atoms with Crippen molar-refractivity contribution in [3.8, 4) is 0 Å². The van der Waals surface area contributed by atoms with E-state index in [1.54, 1.807) is 0 Å². The highest BCUT2D eigenvalue weighted by molar-refractivity contribution is 5.76. The molecule has 3 fully saturated rings. The topological polar surface area (TPSA) is 48.0 Å². The minimum absolute atomic E-state index is 0.0363. The largest absolute Gasteiger partial charge is 0.462 e. The standard InChI is InChI=1S/C12H19NO4/c1-12(2,3)16-7-4-5-13-10(7)9-8(17-13)6-15-11(9)14/h7-10H,4-6H2,1-3H3/t7-,8-,9+,10+/m0/s1. The second-order valence-electron chi connectivity index (χ2n) is 5.99. The minimum atomic E-state index is -0.193. The van der Waals surface area contributed by atoms with E-state index in [2.05, 4.69) is 0 Å². The molecule has 5 heteroatoms. The van der Waals surface area contributed by atoms with Crippen LogP contribution in [0.4, 0.5) is 0 Å². The quantitative estimate of drug-likeness (QED) is 0.633. The predicted molar refractivity (Wildman–Crippen MR) is 59.1 cm³/mol. The first-order valence-electron chi connectivity index (χ1n) is 6.23. The Bertz CT molecular complexity index is 338. The number of cyclic esters (lactones) is 1. The number of rotatable bonds is 1. The number of carbonyl (C=O) groups is 1. The molecule has 0 aromatic carbocycles. The molecule has 4 atom stereocenters. The lowest BCUT2D eigenvalue weighted by Gasteiger charge is -2.29. The van der Waals surface area contributed by atoms with Crippen LogP contribution in [0.15, 0.2) is 0 Å². The highest BCUT2D eigenvalue weighted by Crippen LogP contribution is 2.41. The lowest BCUT2D eigenvalue weighted by atomic mass is 9.93. The number of carbonyl (C=O) groups excluding carboxylic acids is 1. The highest BCUT2D eigenvalue weighted by Gasteiger charge is 2.58. The summed E-state index contributed by atoms with van der Waals surface area (Å²) in [4.78, 5) is 17.5. The Morgan fingerprint density at radius 1 is 1.41 bits per heavy atom. The van der Waals surface area contributed by atoms with E-state index in [-0.39, 0.29) is 35.7 Å². The lowest BCUT2D eigenvalue weighted by molar-refractivity contribution is -0.172. The first-order valence-corrected chi connectivity index (χ1v) is 6.23. The molecule has 0 bridgehead atoms. The number of nitrogens with zero attached hydrogens (tertiary/aromatic N) is 1. The molecule has 0 saturated carbocycles. The van der Waals surface area contributed by atoms with E-state index in [9.17, 15) is 4.79 Å². The molecule has 0 aliphatic carbocycles. The average Bonchev–Trinajstić information content (AvgIpc) is 2.80. The molecule has 0 radical (unpaired) electrons. The number of hydroxylamine groups is 2. The Labute approximate surface area is 101 Å². The number of hydrogen-bond donors (Lipinski definition) is 0. The molecule has 0 aromatic heterocycles. The maximum atomic E-state index is 11.7. The number of esters is 1. The van der Waals surface area contributed by atoms with Gasteiger partial charge in [-0.1, -0.05) is 0 Å². The molecule has 3 aliphatic heterocycles. The van der Waals surface area contributed by atoms with E-state index in [1.165, 1.54) is 0 Å². The zero-order chi connectivity index (χ0) is 12.2. The van der Waals surface area contributed by atoms with E-state index in [0.29, 0.717) is 6.61 Å². The van der Waals surface area contributed by atoms with Gasteiger partial charge in [-0.05, 0) is 27.2 Å². The van der Waals surface area contributed by atoms with Crippen molar-refractivity contribution in [2.45, 2.75) is 51.0 Å². The van der Waals surface area contributed by atoms with Crippen LogP contribution in [0.3, 0.4) is 0 Å². The van der Waals surface area contributed by atoms with Crippen molar-refractivity contribution in [1.29, 1.82) is 0 Å². The van der Waals surface area contributed by atoms with Crippen LogP contribution in [0.2, 0.25) is 0 Å². The van der Waals surface area contributed by atoms with Gasteiger partial charge in [-0.3, -0.25) is 9.63 Å². The minimum Gasteiger partial charge on any atom is -0.462 e. The molecular weight excluding hydrogens is 222 g/mol. The molecule has 3 saturated heterocycles. The van der Waals surface area contributed by atoms with Gasteiger partial charge in [0.1, 0.15) is 18.6 Å². The van der Waals surface area contributed by atoms with Crippen LogP contribution in [0, 0.1) is 5.92 Å². The van der Waals surface area contributed by atoms with Crippen molar-refractivity contribution < 1.29 is 19.1 Å². The van der Waals surface area contributed by atoms with Gasteiger partial charge in [0, 0.05) is 6.54 Å². The van der Waals surface area contributed by atoms with Gasteiger partial charge in [-0.2, -0.15) is 5.06 Å². The predicted octanol–water partition coefficient (Wildman–Crippen LogP) is 0.731. The van der Waals surface area contributed by atoms with Crippen molar-refractivity contribution >= 4 is 5.97 Å². The Kier molecular flexibility index (Phi) is 2.47. The summed E-state index contributed by atoms with van der Waals surface area (Å²) in [5, 5.41) is 1.92. The molecule has 17 heavy (non-hydrogen) atoms. The van der Waals surface area contributed by atoms with Gasteiger partial charge in [0.25, 0.3) is 0 Å². The Hall–Kier alpha value is -0.650. The van der Waals surface area contributed by atoms with Gasteiger partial charge in [-0.15, -0.1) is 0 Å². The van der Waals surface area contributed by atoms with Gasteiger partial charge in [-0.25, -0.2) is 0 Å². The molecular formula is C12H19NO4. The number of fused-ring (bicyclic) bond motifs is 3. The van der Waals surface area contributed by atoms with Crippen molar-refractivity contribution in [3.05, 3.63) is 0 Å². The smallest absolute Gasteiger partial charge is 0.313 e. The Morgan fingerprint density at radius 3 is 2.88 bits per heavy atom. The fraction of sp³-hybridized carbons (Fsp3) is 0.917. The molecule has 3 aliphatic rings. The zero-order valence-electron chi connectivity index (χ0n) is 10.5. The van der Waals surface area contributed by atoms with Crippen molar-refractivity contribution in [1.82, 2.24) is 5.06 Å². The second kappa shape index (κ2) is 3.67. The van der Waals surface area contributed by atoms with Crippen LogP contribution < -0.4 is 0 Å². The van der Waals surface area contributed by atoms with Gasteiger partial charge in [0.05, 0.1) is 17.7 Å². The van der Waals surface area contributed by atoms with Gasteiger partial charge in [0.2, 0.25) is 0 Å². The first-order chi connectivity index (χ1) is 7.96. The summed E-state index contributed by atoms with van der Waals surface area (Å²) in [6.45, 7) is 7.34. The van der Waals surface area contributed by atoms with Crippen LogP contribution in [0.25, 0.3) is 0 Å². The summed E-state index contributed by atoms with van der Waals surface area (Å²) in [6, 6.07) is 0.0363. The molecule has 0 aromatic rings. The summed E-state index contributed by atoms with van der Waals surface area (Å²) in [5.41, 5.74) is -0.193. The molecule has 3 heterocycles. The van der Waals surface area contributed by atoms with Crippen molar-refractivity contribution in [2.75, 3.05) is 13.2 Å². The fourth-order valence-electron chi connectivity index (χ4n) is 3.02. The van der Waals surface area contributed by atoms with Gasteiger partial charge < -0.3 is 9.47 Å². The van der Waals surface area contributed by atoms with E-state index >= 15 is 0 Å². The normalized spacial score (nSPS) is 41.5. The van der Waals surface area contributed by atoms with Crippen LogP contribution >= 0.6 is 0 Å². The fourth-order valence-corrected chi connectivity index (χ4v) is 3.02. The molecule has 0 spiro atoms.